The van der Waals surface area contributed by atoms with Gasteiger partial charge in [0.15, 0.2) is 17.7 Å². The Morgan fingerprint density at radius 2 is 2.17 bits per heavy atom. The first-order chi connectivity index (χ1) is 13.9. The Bertz CT molecular complexity index is 1000. The molecule has 2 amide bonds. The fourth-order valence-corrected chi connectivity index (χ4v) is 3.99. The summed E-state index contributed by atoms with van der Waals surface area (Å²) in [7, 11) is 0. The highest BCUT2D eigenvalue weighted by Crippen LogP contribution is 2.40. The van der Waals surface area contributed by atoms with E-state index in [-0.39, 0.29) is 36.5 Å². The van der Waals surface area contributed by atoms with E-state index in [9.17, 15) is 19.5 Å². The Morgan fingerprint density at radius 1 is 1.41 bits per heavy atom. The minimum absolute atomic E-state index is 0.0822. The third-order valence-electron chi connectivity index (χ3n) is 5.63. The quantitative estimate of drug-likeness (QED) is 0.730. The summed E-state index contributed by atoms with van der Waals surface area (Å²) in [5.41, 5.74) is -0.402. The second kappa shape index (κ2) is 7.36. The minimum Gasteiger partial charge on any atom is -0.503 e. The summed E-state index contributed by atoms with van der Waals surface area (Å²) in [5.74, 6) is -1.76. The molecule has 4 aliphatic rings. The van der Waals surface area contributed by atoms with Crippen molar-refractivity contribution < 1.29 is 19.4 Å². The number of aromatic nitrogens is 1. The van der Waals surface area contributed by atoms with Gasteiger partial charge in [0, 0.05) is 18.8 Å². The highest BCUT2D eigenvalue weighted by Gasteiger charge is 2.50. The lowest BCUT2D eigenvalue weighted by Crippen LogP contribution is -2.65. The Balaban J connectivity index is 1.61. The van der Waals surface area contributed by atoms with Crippen LogP contribution in [0.2, 0.25) is 0 Å². The lowest BCUT2D eigenvalue weighted by molar-refractivity contribution is -0.211. The molecule has 0 aromatic carbocycles. The molecule has 2 N–H and O–H groups in total. The Hall–Kier alpha value is -3.13. The molecule has 1 atom stereocenters. The molecule has 152 valence electrons. The second-order valence-corrected chi connectivity index (χ2v) is 7.43. The van der Waals surface area contributed by atoms with Crippen LogP contribution >= 0.6 is 0 Å². The normalized spacial score (nSPS) is 25.3. The van der Waals surface area contributed by atoms with Gasteiger partial charge >= 0.3 is 0 Å². The van der Waals surface area contributed by atoms with E-state index in [4.69, 9.17) is 4.74 Å². The molecule has 1 unspecified atom stereocenters. The summed E-state index contributed by atoms with van der Waals surface area (Å²) in [6.07, 6.45) is 9.65. The zero-order valence-corrected chi connectivity index (χ0v) is 16.1. The maximum Gasteiger partial charge on any atom is 0.276 e. The Kier molecular flexibility index (Phi) is 4.87. The molecule has 3 fully saturated rings. The van der Waals surface area contributed by atoms with Crippen molar-refractivity contribution in [1.29, 1.82) is 0 Å². The zero-order valence-electron chi connectivity index (χ0n) is 16.1. The maximum absolute atomic E-state index is 12.9. The number of carbonyl (C=O) groups is 2. The zero-order chi connectivity index (χ0) is 20.7. The van der Waals surface area contributed by atoms with Crippen molar-refractivity contribution in [1.82, 2.24) is 14.8 Å². The monoisotopic (exact) mass is 397 g/mol. The fraction of sp³-hybridized carbons (Fsp3) is 0.381. The highest BCUT2D eigenvalue weighted by molar-refractivity contribution is 5.99. The number of hydrogen-bond donors (Lipinski definition) is 2. The van der Waals surface area contributed by atoms with Crippen LogP contribution in [0, 0.1) is 0 Å². The number of aromatic hydroxyl groups is 1. The van der Waals surface area contributed by atoms with Crippen LogP contribution in [0.1, 0.15) is 40.6 Å². The van der Waals surface area contributed by atoms with Crippen LogP contribution in [0.15, 0.2) is 47.4 Å². The van der Waals surface area contributed by atoms with E-state index in [1.165, 1.54) is 10.8 Å². The average molecular weight is 397 g/mol. The van der Waals surface area contributed by atoms with Gasteiger partial charge in [0.05, 0.1) is 12.6 Å². The topological polar surface area (TPSA) is 101 Å². The number of amides is 2. The van der Waals surface area contributed by atoms with E-state index in [0.717, 1.165) is 18.4 Å². The molecular weight excluding hydrogens is 374 g/mol. The standard InChI is InChI=1S/C21H23N3O5/c1-3-5-6-12(4-2)9-22-20(27)15-10-23-11-16-24(13-7-14(8-13)29-16)21(28)17(23)19(26)18(15)25/h3-6,10,13-14,16,26H,2,7-9,11H2,1H3,(H,22,27)/b5-3-,12-6+. The van der Waals surface area contributed by atoms with E-state index in [2.05, 4.69) is 11.9 Å². The van der Waals surface area contributed by atoms with Gasteiger partial charge in [0.2, 0.25) is 5.43 Å². The number of nitrogens with zero attached hydrogens (tertiary/aromatic N) is 2. The van der Waals surface area contributed by atoms with Gasteiger partial charge in [-0.05, 0) is 25.3 Å². The molecule has 1 saturated carbocycles. The smallest absolute Gasteiger partial charge is 0.276 e. The molecule has 2 bridgehead atoms. The molecule has 1 aromatic heterocycles. The number of pyridine rings is 1. The molecule has 1 aliphatic carbocycles. The lowest BCUT2D eigenvalue weighted by atomic mass is 9.84. The van der Waals surface area contributed by atoms with Gasteiger partial charge in [-0.1, -0.05) is 30.9 Å². The molecule has 0 spiro atoms. The largest absolute Gasteiger partial charge is 0.503 e. The summed E-state index contributed by atoms with van der Waals surface area (Å²) < 4.78 is 7.33. The summed E-state index contributed by atoms with van der Waals surface area (Å²) in [4.78, 5) is 39.7. The van der Waals surface area contributed by atoms with Crippen molar-refractivity contribution >= 4 is 11.8 Å². The van der Waals surface area contributed by atoms with Gasteiger partial charge in [-0.3, -0.25) is 14.4 Å². The predicted molar refractivity (Wildman–Crippen MR) is 106 cm³/mol. The third-order valence-corrected chi connectivity index (χ3v) is 5.63. The lowest BCUT2D eigenvalue weighted by Gasteiger charge is -2.55. The van der Waals surface area contributed by atoms with Crippen molar-refractivity contribution in [3.05, 3.63) is 64.1 Å². The minimum atomic E-state index is -0.859. The molecule has 5 rings (SSSR count). The predicted octanol–water partition coefficient (Wildman–Crippen LogP) is 1.32. The summed E-state index contributed by atoms with van der Waals surface area (Å²) in [6.45, 7) is 6.01. The molecule has 1 aromatic rings. The number of carbonyl (C=O) groups excluding carboxylic acids is 2. The van der Waals surface area contributed by atoms with E-state index < -0.39 is 29.2 Å². The highest BCUT2D eigenvalue weighted by atomic mass is 16.5. The van der Waals surface area contributed by atoms with Crippen LogP contribution in [0.4, 0.5) is 0 Å². The van der Waals surface area contributed by atoms with Crippen molar-refractivity contribution in [3.8, 4) is 5.75 Å². The van der Waals surface area contributed by atoms with E-state index >= 15 is 0 Å². The summed E-state index contributed by atoms with van der Waals surface area (Å²) in [5, 5.41) is 13.1. The number of allylic oxidation sites excluding steroid dienone is 3. The maximum atomic E-state index is 12.9. The summed E-state index contributed by atoms with van der Waals surface area (Å²) in [6, 6.07) is 0.0822. The van der Waals surface area contributed by atoms with Crippen molar-refractivity contribution in [2.24, 2.45) is 0 Å². The number of hydrogen-bond acceptors (Lipinski definition) is 5. The van der Waals surface area contributed by atoms with Crippen molar-refractivity contribution in [2.45, 2.75) is 44.7 Å². The van der Waals surface area contributed by atoms with Crippen LogP contribution in [0.25, 0.3) is 0 Å². The van der Waals surface area contributed by atoms with Gasteiger partial charge < -0.3 is 24.6 Å². The fourth-order valence-electron chi connectivity index (χ4n) is 3.99. The first kappa shape index (κ1) is 19.2. The molecular formula is C21H23N3O5. The number of rotatable bonds is 5. The number of nitrogens with one attached hydrogen (secondary N) is 1. The first-order valence-electron chi connectivity index (χ1n) is 9.61. The number of ether oxygens (including phenoxy) is 1. The van der Waals surface area contributed by atoms with Gasteiger partial charge in [-0.2, -0.15) is 0 Å². The number of fused-ring (bicyclic) bond motifs is 1. The molecule has 0 radical (unpaired) electrons. The molecule has 8 nitrogen and oxygen atoms in total. The van der Waals surface area contributed by atoms with Crippen LogP contribution in [-0.2, 0) is 11.3 Å². The van der Waals surface area contributed by atoms with Gasteiger partial charge in [-0.15, -0.1) is 0 Å². The van der Waals surface area contributed by atoms with E-state index in [1.54, 1.807) is 17.1 Å². The average Bonchev–Trinajstić information content (AvgIpc) is 2.69. The van der Waals surface area contributed by atoms with Crippen molar-refractivity contribution in [3.63, 3.8) is 0 Å². The van der Waals surface area contributed by atoms with E-state index in [0.29, 0.717) is 0 Å². The van der Waals surface area contributed by atoms with Crippen LogP contribution in [0.5, 0.6) is 5.75 Å². The molecule has 2 saturated heterocycles. The van der Waals surface area contributed by atoms with Gasteiger partial charge in [0.1, 0.15) is 5.56 Å². The SMILES string of the molecule is C=C/C(=C\C=C/C)CNC(=O)c1cn2c(c(O)c1=O)C(=O)N1C3CC(C3)OC1C2. The van der Waals surface area contributed by atoms with Gasteiger partial charge in [-0.25, -0.2) is 0 Å². The second-order valence-electron chi connectivity index (χ2n) is 7.43. The first-order valence-corrected chi connectivity index (χ1v) is 9.61. The molecule has 29 heavy (non-hydrogen) atoms. The van der Waals surface area contributed by atoms with Gasteiger partial charge in [0.25, 0.3) is 11.8 Å². The van der Waals surface area contributed by atoms with Crippen LogP contribution < -0.4 is 10.7 Å². The molecule has 8 heteroatoms. The van der Waals surface area contributed by atoms with E-state index in [1.807, 2.05) is 19.1 Å². The van der Waals surface area contributed by atoms with Crippen molar-refractivity contribution in [2.75, 3.05) is 6.54 Å². The Morgan fingerprint density at radius 3 is 2.86 bits per heavy atom. The van der Waals surface area contributed by atoms with Crippen LogP contribution in [0.3, 0.4) is 0 Å². The van der Waals surface area contributed by atoms with Crippen LogP contribution in [-0.4, -0.2) is 51.3 Å². The molecule has 3 aliphatic heterocycles. The Labute approximate surface area is 167 Å². The molecule has 4 heterocycles. The third kappa shape index (κ3) is 3.19. The summed E-state index contributed by atoms with van der Waals surface area (Å²) >= 11 is 0.